The molecule has 0 aliphatic carbocycles. The van der Waals surface area contributed by atoms with Crippen LogP contribution in [0.4, 0.5) is 4.39 Å². The molecule has 0 bridgehead atoms. The first-order valence-electron chi connectivity index (χ1n) is 9.07. The molecular formula is C23H20FNO3. The quantitative estimate of drug-likeness (QED) is 0.523. The zero-order valence-electron chi connectivity index (χ0n) is 15.7. The lowest BCUT2D eigenvalue weighted by atomic mass is 10.0. The summed E-state index contributed by atoms with van der Waals surface area (Å²) in [5.41, 5.74) is 2.26. The molecular weight excluding hydrogens is 357 g/mol. The van der Waals surface area contributed by atoms with Gasteiger partial charge in [0.1, 0.15) is 5.58 Å². The van der Waals surface area contributed by atoms with Crippen LogP contribution in [0.25, 0.3) is 21.7 Å². The highest BCUT2D eigenvalue weighted by atomic mass is 19.1. The molecule has 0 aliphatic heterocycles. The molecule has 0 radical (unpaired) electrons. The number of rotatable bonds is 5. The lowest BCUT2D eigenvalue weighted by Gasteiger charge is -2.15. The fourth-order valence-electron chi connectivity index (χ4n) is 3.51. The fourth-order valence-corrected chi connectivity index (χ4v) is 3.51. The standard InChI is InChI=1S/C23H20FNO3/c1-14(16-8-9-20(27-2)19(24)11-16)25-22(26)12-17-13-28-21-10-7-15-5-3-4-6-18(15)23(17)21/h3-11,13-14H,12H2,1-2H3,(H,25,26)/t14-/m1/s1. The lowest BCUT2D eigenvalue weighted by molar-refractivity contribution is -0.121. The number of carbonyl (C=O) groups excluding carboxylic acids is 1. The van der Waals surface area contributed by atoms with Crippen LogP contribution in [0, 0.1) is 5.82 Å². The zero-order chi connectivity index (χ0) is 19.7. The number of benzene rings is 3. The van der Waals surface area contributed by atoms with E-state index in [2.05, 4.69) is 5.32 Å². The van der Waals surface area contributed by atoms with Crippen LogP contribution in [0.1, 0.15) is 24.1 Å². The van der Waals surface area contributed by atoms with Crippen molar-refractivity contribution in [2.75, 3.05) is 7.11 Å². The Hall–Kier alpha value is -3.34. The Morgan fingerprint density at radius 3 is 2.79 bits per heavy atom. The van der Waals surface area contributed by atoms with Crippen molar-refractivity contribution in [3.05, 3.63) is 77.8 Å². The van der Waals surface area contributed by atoms with Gasteiger partial charge in [-0.1, -0.05) is 36.4 Å². The van der Waals surface area contributed by atoms with E-state index in [9.17, 15) is 9.18 Å². The Morgan fingerprint density at radius 1 is 1.18 bits per heavy atom. The first-order valence-corrected chi connectivity index (χ1v) is 9.07. The molecule has 0 aliphatic rings. The maximum atomic E-state index is 13.9. The van der Waals surface area contributed by atoms with E-state index in [-0.39, 0.29) is 24.1 Å². The minimum absolute atomic E-state index is 0.153. The molecule has 4 nitrogen and oxygen atoms in total. The summed E-state index contributed by atoms with van der Waals surface area (Å²) in [5.74, 6) is -0.424. The largest absolute Gasteiger partial charge is 0.494 e. The van der Waals surface area contributed by atoms with Crippen LogP contribution in [0.15, 0.2) is 65.3 Å². The predicted octanol–water partition coefficient (Wildman–Crippen LogP) is 5.15. The van der Waals surface area contributed by atoms with E-state index in [1.807, 2.05) is 43.3 Å². The summed E-state index contributed by atoms with van der Waals surface area (Å²) < 4.78 is 24.5. The summed E-state index contributed by atoms with van der Waals surface area (Å²) in [6.45, 7) is 1.82. The molecule has 3 aromatic carbocycles. The topological polar surface area (TPSA) is 51.5 Å². The van der Waals surface area contributed by atoms with E-state index in [1.54, 1.807) is 18.4 Å². The van der Waals surface area contributed by atoms with Crippen LogP contribution in [0.3, 0.4) is 0 Å². The smallest absolute Gasteiger partial charge is 0.225 e. The number of halogens is 1. The number of furan rings is 1. The normalized spacial score (nSPS) is 12.2. The molecule has 1 N–H and O–H groups in total. The van der Waals surface area contributed by atoms with E-state index in [0.29, 0.717) is 5.56 Å². The summed E-state index contributed by atoms with van der Waals surface area (Å²) in [4.78, 5) is 12.6. The second kappa shape index (κ2) is 7.35. The number of ether oxygens (including phenoxy) is 1. The van der Waals surface area contributed by atoms with Gasteiger partial charge in [0.25, 0.3) is 0 Å². The molecule has 142 valence electrons. The second-order valence-electron chi connectivity index (χ2n) is 6.78. The van der Waals surface area contributed by atoms with E-state index in [1.165, 1.54) is 13.2 Å². The van der Waals surface area contributed by atoms with Crippen molar-refractivity contribution in [3.8, 4) is 5.75 Å². The third-order valence-electron chi connectivity index (χ3n) is 4.94. The van der Waals surface area contributed by atoms with E-state index >= 15 is 0 Å². The molecule has 0 saturated carbocycles. The first-order chi connectivity index (χ1) is 13.6. The van der Waals surface area contributed by atoms with Gasteiger partial charge in [-0.15, -0.1) is 0 Å². The van der Waals surface area contributed by atoms with Crippen molar-refractivity contribution >= 4 is 27.6 Å². The summed E-state index contributed by atoms with van der Waals surface area (Å²) in [7, 11) is 1.42. The first kappa shape index (κ1) is 18.0. The fraction of sp³-hybridized carbons (Fsp3) is 0.174. The Kier molecular flexibility index (Phi) is 4.74. The Bertz CT molecular complexity index is 1170. The van der Waals surface area contributed by atoms with Crippen molar-refractivity contribution in [1.82, 2.24) is 5.32 Å². The van der Waals surface area contributed by atoms with Crippen molar-refractivity contribution in [3.63, 3.8) is 0 Å². The van der Waals surface area contributed by atoms with Crippen LogP contribution in [-0.2, 0) is 11.2 Å². The van der Waals surface area contributed by atoms with Crippen LogP contribution >= 0.6 is 0 Å². The van der Waals surface area contributed by atoms with E-state index in [0.717, 1.165) is 27.3 Å². The number of hydrogen-bond donors (Lipinski definition) is 1. The van der Waals surface area contributed by atoms with Gasteiger partial charge in [-0.25, -0.2) is 4.39 Å². The molecule has 0 spiro atoms. The Balaban J connectivity index is 1.55. The van der Waals surface area contributed by atoms with Gasteiger partial charge in [0.15, 0.2) is 11.6 Å². The van der Waals surface area contributed by atoms with Gasteiger partial charge in [0, 0.05) is 10.9 Å². The molecule has 0 saturated heterocycles. The van der Waals surface area contributed by atoms with Gasteiger partial charge in [0.05, 0.1) is 25.8 Å². The highest BCUT2D eigenvalue weighted by molar-refractivity contribution is 6.08. The van der Waals surface area contributed by atoms with Crippen LogP contribution in [-0.4, -0.2) is 13.0 Å². The number of methoxy groups -OCH3 is 1. The highest BCUT2D eigenvalue weighted by Crippen LogP contribution is 2.30. The van der Waals surface area contributed by atoms with Crippen molar-refractivity contribution in [2.24, 2.45) is 0 Å². The monoisotopic (exact) mass is 377 g/mol. The summed E-state index contributed by atoms with van der Waals surface area (Å²) >= 11 is 0. The van der Waals surface area contributed by atoms with E-state index < -0.39 is 5.82 Å². The third kappa shape index (κ3) is 3.31. The van der Waals surface area contributed by atoms with Gasteiger partial charge >= 0.3 is 0 Å². The van der Waals surface area contributed by atoms with Crippen molar-refractivity contribution in [2.45, 2.75) is 19.4 Å². The minimum atomic E-state index is -0.451. The number of carbonyl (C=O) groups is 1. The van der Waals surface area contributed by atoms with Crippen LogP contribution in [0.5, 0.6) is 5.75 Å². The molecule has 5 heteroatoms. The Morgan fingerprint density at radius 2 is 2.00 bits per heavy atom. The summed E-state index contributed by atoms with van der Waals surface area (Å²) in [6.07, 6.45) is 1.82. The number of fused-ring (bicyclic) bond motifs is 3. The van der Waals surface area contributed by atoms with Crippen LogP contribution < -0.4 is 10.1 Å². The molecule has 4 aromatic rings. The average molecular weight is 377 g/mol. The summed E-state index contributed by atoms with van der Waals surface area (Å²) in [6, 6.07) is 16.3. The summed E-state index contributed by atoms with van der Waals surface area (Å²) in [5, 5.41) is 6.03. The van der Waals surface area contributed by atoms with Gasteiger partial charge in [-0.05, 0) is 41.5 Å². The van der Waals surface area contributed by atoms with Crippen molar-refractivity contribution in [1.29, 1.82) is 0 Å². The van der Waals surface area contributed by atoms with E-state index in [4.69, 9.17) is 9.15 Å². The van der Waals surface area contributed by atoms with Gasteiger partial charge < -0.3 is 14.5 Å². The molecule has 1 amide bonds. The number of hydrogen-bond acceptors (Lipinski definition) is 3. The number of nitrogens with one attached hydrogen (secondary N) is 1. The Labute approximate surface area is 161 Å². The van der Waals surface area contributed by atoms with Gasteiger partial charge in [-0.3, -0.25) is 4.79 Å². The molecule has 0 unspecified atom stereocenters. The van der Waals surface area contributed by atoms with Gasteiger partial charge in [-0.2, -0.15) is 0 Å². The number of amides is 1. The SMILES string of the molecule is COc1ccc([C@@H](C)NC(=O)Cc2coc3ccc4ccccc4c23)cc1F. The molecule has 1 aromatic heterocycles. The minimum Gasteiger partial charge on any atom is -0.494 e. The molecule has 1 atom stereocenters. The maximum Gasteiger partial charge on any atom is 0.225 e. The molecule has 0 fully saturated rings. The molecule has 1 heterocycles. The maximum absolute atomic E-state index is 13.9. The lowest BCUT2D eigenvalue weighted by Crippen LogP contribution is -2.28. The third-order valence-corrected chi connectivity index (χ3v) is 4.94. The highest BCUT2D eigenvalue weighted by Gasteiger charge is 2.16. The average Bonchev–Trinajstić information content (AvgIpc) is 3.11. The van der Waals surface area contributed by atoms with Gasteiger partial charge in [0.2, 0.25) is 5.91 Å². The van der Waals surface area contributed by atoms with Crippen LogP contribution in [0.2, 0.25) is 0 Å². The second-order valence-corrected chi connectivity index (χ2v) is 6.78. The van der Waals surface area contributed by atoms with Crippen molar-refractivity contribution < 1.29 is 18.3 Å². The predicted molar refractivity (Wildman–Crippen MR) is 107 cm³/mol. The molecule has 4 rings (SSSR count). The molecule has 28 heavy (non-hydrogen) atoms. The zero-order valence-corrected chi connectivity index (χ0v) is 15.7.